The number of rotatable bonds is 6. The predicted octanol–water partition coefficient (Wildman–Crippen LogP) is 1.61. The highest BCUT2D eigenvalue weighted by atomic mass is 32.2. The van der Waals surface area contributed by atoms with Gasteiger partial charge in [0.25, 0.3) is 10.0 Å². The van der Waals surface area contributed by atoms with Gasteiger partial charge < -0.3 is 9.47 Å². The molecule has 166 valence electrons. The summed E-state index contributed by atoms with van der Waals surface area (Å²) >= 11 is 0. The number of allylic oxidation sites excluding steroid dienone is 2. The average molecular weight is 456 g/mol. The molecule has 1 aromatic heterocycles. The van der Waals surface area contributed by atoms with Crippen LogP contribution < -0.4 is 19.1 Å². The number of aromatic nitrogens is 2. The largest absolute Gasteiger partial charge is 0.481 e. The molecule has 1 saturated heterocycles. The molecule has 11 heteroatoms. The third-order valence-electron chi connectivity index (χ3n) is 6.19. The van der Waals surface area contributed by atoms with E-state index >= 15 is 0 Å². The molecule has 5 rings (SSSR count). The minimum absolute atomic E-state index is 0.0292. The number of hydrogen-bond acceptors (Lipinski definition) is 8. The van der Waals surface area contributed by atoms with E-state index in [1.54, 1.807) is 0 Å². The number of methoxy groups -OCH3 is 2. The van der Waals surface area contributed by atoms with E-state index in [0.717, 1.165) is 6.42 Å². The SMILES string of the molecule is COc1cc(NS(=O)(=O)c2ccc(N3C(=O)[C@H]4[C@H](C3=O)[C@H]3C=C[C@H]4C3)cc2)nc(OC)n1. The lowest BCUT2D eigenvalue weighted by atomic mass is 9.85. The zero-order valence-electron chi connectivity index (χ0n) is 17.3. The maximum absolute atomic E-state index is 12.9. The molecule has 2 heterocycles. The lowest BCUT2D eigenvalue weighted by Crippen LogP contribution is -2.32. The van der Waals surface area contributed by atoms with Crippen molar-refractivity contribution in [2.24, 2.45) is 23.7 Å². The summed E-state index contributed by atoms with van der Waals surface area (Å²) in [5, 5.41) is 0. The summed E-state index contributed by atoms with van der Waals surface area (Å²) in [4.78, 5) is 34.9. The summed E-state index contributed by atoms with van der Waals surface area (Å²) in [5.41, 5.74) is 0.359. The molecule has 2 aromatic rings. The van der Waals surface area contributed by atoms with Crippen LogP contribution >= 0.6 is 0 Å². The highest BCUT2D eigenvalue weighted by Crippen LogP contribution is 2.53. The predicted molar refractivity (Wildman–Crippen MR) is 113 cm³/mol. The van der Waals surface area contributed by atoms with Gasteiger partial charge in [0.2, 0.25) is 17.7 Å². The van der Waals surface area contributed by atoms with Gasteiger partial charge in [0.05, 0.1) is 36.6 Å². The zero-order valence-corrected chi connectivity index (χ0v) is 18.1. The van der Waals surface area contributed by atoms with Crippen molar-refractivity contribution in [3.8, 4) is 11.9 Å². The first-order valence-corrected chi connectivity index (χ1v) is 11.5. The van der Waals surface area contributed by atoms with Gasteiger partial charge in [-0.3, -0.25) is 19.2 Å². The molecule has 1 N–H and O–H groups in total. The topological polar surface area (TPSA) is 128 Å². The first kappa shape index (κ1) is 20.4. The van der Waals surface area contributed by atoms with Crippen LogP contribution in [0, 0.1) is 23.7 Å². The van der Waals surface area contributed by atoms with Crippen LogP contribution in [0.15, 0.2) is 47.4 Å². The Morgan fingerprint density at radius 3 is 2.16 bits per heavy atom. The van der Waals surface area contributed by atoms with Crippen molar-refractivity contribution in [2.45, 2.75) is 11.3 Å². The first-order chi connectivity index (χ1) is 15.3. The van der Waals surface area contributed by atoms with Crippen molar-refractivity contribution in [2.75, 3.05) is 23.8 Å². The van der Waals surface area contributed by atoms with Crippen molar-refractivity contribution in [1.29, 1.82) is 0 Å². The third-order valence-corrected chi connectivity index (χ3v) is 7.56. The van der Waals surface area contributed by atoms with Crippen LogP contribution in [-0.4, -0.2) is 44.4 Å². The molecule has 0 radical (unpaired) electrons. The summed E-state index contributed by atoms with van der Waals surface area (Å²) in [5.74, 6) is -0.746. The molecule has 1 aromatic carbocycles. The van der Waals surface area contributed by atoms with Crippen molar-refractivity contribution < 1.29 is 27.5 Å². The molecule has 1 aliphatic heterocycles. The van der Waals surface area contributed by atoms with Crippen molar-refractivity contribution in [3.05, 3.63) is 42.5 Å². The number of hydrogen-bond donors (Lipinski definition) is 1. The molecule has 32 heavy (non-hydrogen) atoms. The van der Waals surface area contributed by atoms with Gasteiger partial charge in [-0.05, 0) is 42.5 Å². The number of sulfonamides is 1. The number of carbonyl (C=O) groups is 2. The average Bonchev–Trinajstić information content (AvgIpc) is 3.47. The molecule has 2 bridgehead atoms. The number of amides is 2. The Hall–Kier alpha value is -3.47. The second-order valence-corrected chi connectivity index (χ2v) is 9.58. The molecule has 2 amide bonds. The fourth-order valence-corrected chi connectivity index (χ4v) is 5.77. The van der Waals surface area contributed by atoms with Gasteiger partial charge in [-0.1, -0.05) is 12.2 Å². The normalized spacial score (nSPS) is 25.9. The summed E-state index contributed by atoms with van der Waals surface area (Å²) in [6.45, 7) is 0. The Kier molecular flexibility index (Phi) is 4.66. The van der Waals surface area contributed by atoms with Gasteiger partial charge >= 0.3 is 6.01 Å². The summed E-state index contributed by atoms with van der Waals surface area (Å²) in [7, 11) is -1.27. The molecule has 1 saturated carbocycles. The number of nitrogens with zero attached hydrogens (tertiary/aromatic N) is 3. The second kappa shape index (κ2) is 7.30. The number of benzene rings is 1. The lowest BCUT2D eigenvalue weighted by Gasteiger charge is -2.17. The summed E-state index contributed by atoms with van der Waals surface area (Å²) in [6, 6.07) is 6.86. The molecule has 0 spiro atoms. The molecule has 0 unspecified atom stereocenters. The van der Waals surface area contributed by atoms with Gasteiger partial charge in [-0.25, -0.2) is 8.42 Å². The van der Waals surface area contributed by atoms with Gasteiger partial charge in [0.1, 0.15) is 0 Å². The van der Waals surface area contributed by atoms with E-state index in [1.165, 1.54) is 49.5 Å². The van der Waals surface area contributed by atoms with Crippen LogP contribution in [0.3, 0.4) is 0 Å². The minimum atomic E-state index is -4.00. The molecule has 2 fully saturated rings. The van der Waals surface area contributed by atoms with E-state index in [9.17, 15) is 18.0 Å². The summed E-state index contributed by atoms with van der Waals surface area (Å²) < 4.78 is 37.9. The van der Waals surface area contributed by atoms with Crippen LogP contribution in [-0.2, 0) is 19.6 Å². The molecule has 4 atom stereocenters. The minimum Gasteiger partial charge on any atom is -0.481 e. The third kappa shape index (κ3) is 3.11. The number of anilines is 2. The molecule has 10 nitrogen and oxygen atoms in total. The Balaban J connectivity index is 1.38. The number of nitrogens with one attached hydrogen (secondary N) is 1. The standard InChI is InChI=1S/C21H20N4O6S/c1-30-16-10-15(22-21(23-16)31-2)24-32(28,29)14-7-5-13(6-8-14)25-19(26)17-11-3-4-12(9-11)18(17)20(25)27/h3-8,10-12,17-18H,9H2,1-2H3,(H,22,23,24)/t11-,12-,17+,18+/m0/s1. The van der Waals surface area contributed by atoms with Gasteiger partial charge in [-0.15, -0.1) is 0 Å². The van der Waals surface area contributed by atoms with E-state index in [-0.39, 0.29) is 58.1 Å². The molecule has 3 aliphatic rings. The van der Waals surface area contributed by atoms with Crippen molar-refractivity contribution in [1.82, 2.24) is 9.97 Å². The van der Waals surface area contributed by atoms with Crippen molar-refractivity contribution >= 4 is 33.3 Å². The molecular weight excluding hydrogens is 436 g/mol. The van der Waals surface area contributed by atoms with E-state index < -0.39 is 10.0 Å². The van der Waals surface area contributed by atoms with Gasteiger partial charge in [-0.2, -0.15) is 9.97 Å². The fourth-order valence-electron chi connectivity index (χ4n) is 4.78. The Morgan fingerprint density at radius 2 is 1.59 bits per heavy atom. The Morgan fingerprint density at radius 1 is 0.969 bits per heavy atom. The van der Waals surface area contributed by atoms with Crippen LogP contribution in [0.4, 0.5) is 11.5 Å². The zero-order chi connectivity index (χ0) is 22.6. The van der Waals surface area contributed by atoms with Crippen LogP contribution in [0.25, 0.3) is 0 Å². The van der Waals surface area contributed by atoms with Crippen LogP contribution in [0.5, 0.6) is 11.9 Å². The van der Waals surface area contributed by atoms with Gasteiger partial charge in [0.15, 0.2) is 5.82 Å². The van der Waals surface area contributed by atoms with E-state index in [0.29, 0.717) is 5.69 Å². The molecular formula is C21H20N4O6S. The van der Waals surface area contributed by atoms with E-state index in [2.05, 4.69) is 14.7 Å². The first-order valence-electron chi connectivity index (χ1n) is 9.98. The molecule has 2 aliphatic carbocycles. The van der Waals surface area contributed by atoms with Gasteiger partial charge in [0, 0.05) is 6.07 Å². The number of carbonyl (C=O) groups excluding carboxylic acids is 2. The fraction of sp³-hybridized carbons (Fsp3) is 0.333. The maximum Gasteiger partial charge on any atom is 0.321 e. The highest BCUT2D eigenvalue weighted by molar-refractivity contribution is 7.92. The highest BCUT2D eigenvalue weighted by Gasteiger charge is 2.59. The maximum atomic E-state index is 12.9. The van der Waals surface area contributed by atoms with Crippen LogP contribution in [0.1, 0.15) is 6.42 Å². The van der Waals surface area contributed by atoms with E-state index in [1.807, 2.05) is 12.2 Å². The lowest BCUT2D eigenvalue weighted by molar-refractivity contribution is -0.123. The Labute approximate surface area is 184 Å². The van der Waals surface area contributed by atoms with E-state index in [4.69, 9.17) is 9.47 Å². The van der Waals surface area contributed by atoms with Crippen LogP contribution in [0.2, 0.25) is 0 Å². The monoisotopic (exact) mass is 456 g/mol. The van der Waals surface area contributed by atoms with Crippen molar-refractivity contribution in [3.63, 3.8) is 0 Å². The number of fused-ring (bicyclic) bond motifs is 5. The summed E-state index contributed by atoms with van der Waals surface area (Å²) in [6.07, 6.45) is 4.90. The second-order valence-electron chi connectivity index (χ2n) is 7.89. The number of imide groups is 1. The smallest absolute Gasteiger partial charge is 0.321 e. The number of ether oxygens (including phenoxy) is 2. The Bertz CT molecular complexity index is 1190. The quantitative estimate of drug-likeness (QED) is 0.513.